The lowest BCUT2D eigenvalue weighted by Crippen LogP contribution is -2.38. The normalized spacial score (nSPS) is 27.3. The van der Waals surface area contributed by atoms with Gasteiger partial charge in [-0.05, 0) is 30.6 Å². The fourth-order valence-corrected chi connectivity index (χ4v) is 3.97. The van der Waals surface area contributed by atoms with Crippen molar-refractivity contribution in [3.8, 4) is 0 Å². The number of alkyl halides is 8. The highest BCUT2D eigenvalue weighted by atomic mass is 19.3. The van der Waals surface area contributed by atoms with Crippen LogP contribution >= 0.6 is 0 Å². The van der Waals surface area contributed by atoms with Gasteiger partial charge >= 0.3 is 0 Å². The Morgan fingerprint density at radius 3 is 1.68 bits per heavy atom. The zero-order chi connectivity index (χ0) is 19.1. The summed E-state index contributed by atoms with van der Waals surface area (Å²) in [6.45, 7) is 0.951. The number of hydrogen-bond acceptors (Lipinski definition) is 0. The van der Waals surface area contributed by atoms with E-state index in [2.05, 4.69) is 0 Å². The number of allylic oxidation sites excluding steroid dienone is 2. The van der Waals surface area contributed by atoms with Crippen LogP contribution in [-0.2, 0) is 0 Å². The molecule has 0 nitrogen and oxygen atoms in total. The molecule has 0 amide bonds. The van der Waals surface area contributed by atoms with Crippen molar-refractivity contribution >= 4 is 0 Å². The predicted molar refractivity (Wildman–Crippen MR) is 77.4 cm³/mol. The summed E-state index contributed by atoms with van der Waals surface area (Å²) in [6.07, 6.45) is -3.17. The molecule has 8 heteroatoms. The van der Waals surface area contributed by atoms with Crippen LogP contribution in [0.15, 0.2) is 12.2 Å². The molecule has 3 atom stereocenters. The van der Waals surface area contributed by atoms with Gasteiger partial charge in [0.25, 0.3) is 23.7 Å². The second-order valence-electron chi connectivity index (χ2n) is 7.55. The monoisotopic (exact) mass is 378 g/mol. The van der Waals surface area contributed by atoms with Gasteiger partial charge in [0.2, 0.25) is 0 Å². The molecule has 0 spiro atoms. The average molecular weight is 378 g/mol. The van der Waals surface area contributed by atoms with E-state index >= 15 is 0 Å². The lowest BCUT2D eigenvalue weighted by atomic mass is 9.86. The van der Waals surface area contributed by atoms with E-state index in [9.17, 15) is 35.1 Å². The first-order chi connectivity index (χ1) is 11.2. The summed E-state index contributed by atoms with van der Waals surface area (Å²) in [5.41, 5.74) is 0. The quantitative estimate of drug-likeness (QED) is 0.309. The first-order valence-electron chi connectivity index (χ1n) is 8.42. The maximum Gasteiger partial charge on any atom is 0.259 e. The van der Waals surface area contributed by atoms with Crippen molar-refractivity contribution in [1.82, 2.24) is 0 Å². The van der Waals surface area contributed by atoms with Crippen LogP contribution in [0.2, 0.25) is 0 Å². The molecular weight excluding hydrogens is 356 g/mol. The summed E-state index contributed by atoms with van der Waals surface area (Å²) in [7, 11) is 0. The van der Waals surface area contributed by atoms with Crippen LogP contribution in [0.4, 0.5) is 35.1 Å². The first kappa shape index (κ1) is 20.5. The molecule has 0 saturated heterocycles. The Balaban J connectivity index is 1.93. The molecule has 0 heterocycles. The average Bonchev–Trinajstić information content (AvgIpc) is 2.95. The summed E-state index contributed by atoms with van der Waals surface area (Å²) in [4.78, 5) is 0. The standard InChI is InChI=1S/C17H22F8/c1-2-14(18,19)8-16(22,23)10-17(24,25)9-15(20,21)7-13-6-11-3-4-12(13)5-11/h3-4,11-13H,2,5-10H2,1H3. The molecule has 0 aliphatic heterocycles. The van der Waals surface area contributed by atoms with Crippen LogP contribution in [0.25, 0.3) is 0 Å². The Labute approximate surface area is 141 Å². The van der Waals surface area contributed by atoms with Crippen LogP contribution < -0.4 is 0 Å². The minimum atomic E-state index is -4.41. The topological polar surface area (TPSA) is 0 Å². The molecule has 0 aromatic carbocycles. The van der Waals surface area contributed by atoms with Gasteiger partial charge in [-0.2, -0.15) is 0 Å². The van der Waals surface area contributed by atoms with Crippen molar-refractivity contribution in [1.29, 1.82) is 0 Å². The number of rotatable bonds is 9. The smallest absolute Gasteiger partial charge is 0.207 e. The van der Waals surface area contributed by atoms with E-state index in [1.165, 1.54) is 0 Å². The third-order valence-electron chi connectivity index (χ3n) is 5.05. The highest BCUT2D eigenvalue weighted by Crippen LogP contribution is 2.50. The van der Waals surface area contributed by atoms with Crippen LogP contribution in [-0.4, -0.2) is 23.7 Å². The minimum absolute atomic E-state index is 0.0748. The van der Waals surface area contributed by atoms with Crippen LogP contribution in [0.5, 0.6) is 0 Å². The van der Waals surface area contributed by atoms with Gasteiger partial charge in [0.1, 0.15) is 0 Å². The zero-order valence-electron chi connectivity index (χ0n) is 13.9. The third kappa shape index (κ3) is 5.84. The molecule has 0 aromatic heterocycles. The van der Waals surface area contributed by atoms with Crippen molar-refractivity contribution in [2.75, 3.05) is 0 Å². The molecule has 2 bridgehead atoms. The Morgan fingerprint density at radius 1 is 0.720 bits per heavy atom. The molecule has 146 valence electrons. The molecule has 0 N–H and O–H groups in total. The van der Waals surface area contributed by atoms with Crippen molar-refractivity contribution < 1.29 is 35.1 Å². The van der Waals surface area contributed by atoms with Crippen molar-refractivity contribution in [2.24, 2.45) is 17.8 Å². The largest absolute Gasteiger partial charge is 0.259 e. The van der Waals surface area contributed by atoms with Gasteiger partial charge in [-0.1, -0.05) is 19.1 Å². The summed E-state index contributed by atoms with van der Waals surface area (Å²) in [5, 5.41) is 0. The number of halogens is 8. The summed E-state index contributed by atoms with van der Waals surface area (Å²) in [6, 6.07) is 0. The highest BCUT2D eigenvalue weighted by molar-refractivity contribution is 5.10. The molecule has 0 radical (unpaired) electrons. The van der Waals surface area contributed by atoms with Gasteiger partial charge in [0, 0.05) is 12.8 Å². The second kappa shape index (κ2) is 6.72. The molecule has 3 unspecified atom stereocenters. The lowest BCUT2D eigenvalue weighted by Gasteiger charge is -2.30. The predicted octanol–water partition coefficient (Wildman–Crippen LogP) is 6.71. The molecule has 2 rings (SSSR count). The number of fused-ring (bicyclic) bond motifs is 2. The molecule has 2 aliphatic carbocycles. The molecule has 1 saturated carbocycles. The van der Waals surface area contributed by atoms with E-state index < -0.39 is 61.7 Å². The second-order valence-corrected chi connectivity index (χ2v) is 7.55. The van der Waals surface area contributed by atoms with E-state index in [0.717, 1.165) is 13.3 Å². The first-order valence-corrected chi connectivity index (χ1v) is 8.42. The van der Waals surface area contributed by atoms with Gasteiger partial charge in [-0.15, -0.1) is 0 Å². The van der Waals surface area contributed by atoms with Crippen molar-refractivity contribution in [2.45, 2.75) is 75.6 Å². The lowest BCUT2D eigenvalue weighted by molar-refractivity contribution is -0.182. The Morgan fingerprint density at radius 2 is 1.24 bits per heavy atom. The Bertz CT molecular complexity index is 497. The zero-order valence-corrected chi connectivity index (χ0v) is 13.9. The maximum absolute atomic E-state index is 14.0. The van der Waals surface area contributed by atoms with Gasteiger partial charge < -0.3 is 0 Å². The van der Waals surface area contributed by atoms with E-state index in [-0.39, 0.29) is 11.8 Å². The van der Waals surface area contributed by atoms with Gasteiger partial charge in [-0.25, -0.2) is 35.1 Å². The SMILES string of the molecule is CCC(F)(F)CC(F)(F)CC(F)(F)CC(F)(F)CC1CC2C=CC1C2. The van der Waals surface area contributed by atoms with E-state index in [1.807, 2.05) is 6.08 Å². The molecule has 1 fully saturated rings. The van der Waals surface area contributed by atoms with E-state index in [4.69, 9.17) is 0 Å². The molecular formula is C17H22F8. The van der Waals surface area contributed by atoms with Crippen molar-refractivity contribution in [3.63, 3.8) is 0 Å². The maximum atomic E-state index is 14.0. The van der Waals surface area contributed by atoms with Crippen LogP contribution in [0.1, 0.15) is 51.9 Å². The number of hydrogen-bond donors (Lipinski definition) is 0. The molecule has 0 aromatic rings. The minimum Gasteiger partial charge on any atom is -0.207 e. The van der Waals surface area contributed by atoms with Crippen LogP contribution in [0.3, 0.4) is 0 Å². The van der Waals surface area contributed by atoms with E-state index in [0.29, 0.717) is 6.42 Å². The van der Waals surface area contributed by atoms with Gasteiger partial charge in [-0.3, -0.25) is 0 Å². The Hall–Kier alpha value is -0.820. The summed E-state index contributed by atoms with van der Waals surface area (Å²) < 4.78 is 108. The third-order valence-corrected chi connectivity index (χ3v) is 5.05. The summed E-state index contributed by atoms with van der Waals surface area (Å²) >= 11 is 0. The molecule has 2 aliphatic rings. The Kier molecular flexibility index (Phi) is 5.51. The summed E-state index contributed by atoms with van der Waals surface area (Å²) in [5.74, 6) is -16.8. The van der Waals surface area contributed by atoms with E-state index in [1.54, 1.807) is 6.08 Å². The van der Waals surface area contributed by atoms with Crippen molar-refractivity contribution in [3.05, 3.63) is 12.2 Å². The fraction of sp³-hybridized carbons (Fsp3) is 0.882. The van der Waals surface area contributed by atoms with Gasteiger partial charge in [0.05, 0.1) is 19.3 Å². The van der Waals surface area contributed by atoms with Gasteiger partial charge in [0.15, 0.2) is 0 Å². The fourth-order valence-electron chi connectivity index (χ4n) is 3.97. The highest BCUT2D eigenvalue weighted by Gasteiger charge is 2.53. The molecule has 25 heavy (non-hydrogen) atoms. The van der Waals surface area contributed by atoms with Crippen LogP contribution in [0, 0.1) is 17.8 Å².